The van der Waals surface area contributed by atoms with Crippen molar-refractivity contribution in [2.75, 3.05) is 31.5 Å². The van der Waals surface area contributed by atoms with Crippen LogP contribution in [0, 0.1) is 5.92 Å². The number of nitrogens with zero attached hydrogens (tertiary/aromatic N) is 2. The Balaban J connectivity index is 1.81. The third-order valence-corrected chi connectivity index (χ3v) is 3.95. The van der Waals surface area contributed by atoms with Gasteiger partial charge in [0.15, 0.2) is 0 Å². The number of hydrogen-bond acceptors (Lipinski definition) is 5. The highest BCUT2D eigenvalue weighted by molar-refractivity contribution is 5.91. The van der Waals surface area contributed by atoms with E-state index in [1.165, 1.54) is 0 Å². The molecule has 0 aliphatic carbocycles. The minimum atomic E-state index is -0.0867. The second kappa shape index (κ2) is 6.58. The van der Waals surface area contributed by atoms with E-state index in [4.69, 9.17) is 10.3 Å². The van der Waals surface area contributed by atoms with Crippen LogP contribution in [0.4, 0.5) is 5.88 Å². The Morgan fingerprint density at radius 3 is 2.67 bits per heavy atom. The topological polar surface area (TPSA) is 84.4 Å². The number of nitrogens with one attached hydrogen (secondary N) is 1. The first-order valence-electron chi connectivity index (χ1n) is 7.58. The van der Waals surface area contributed by atoms with Gasteiger partial charge in [-0.3, -0.25) is 15.0 Å². The van der Waals surface area contributed by atoms with E-state index in [-0.39, 0.29) is 11.3 Å². The molecule has 0 spiro atoms. The SMILES string of the molecule is CC(C)(C)c1cc(NC(=O)CN2CCC(CN)CC2)on1. The summed E-state index contributed by atoms with van der Waals surface area (Å²) < 4.78 is 5.17. The second-order valence-corrected chi connectivity index (χ2v) is 6.83. The molecule has 6 nitrogen and oxygen atoms in total. The number of aromatic nitrogens is 1. The predicted molar refractivity (Wildman–Crippen MR) is 82.1 cm³/mol. The molecule has 1 aliphatic heterocycles. The summed E-state index contributed by atoms with van der Waals surface area (Å²) >= 11 is 0. The Morgan fingerprint density at radius 1 is 1.48 bits per heavy atom. The summed E-state index contributed by atoms with van der Waals surface area (Å²) in [5.41, 5.74) is 6.42. The molecule has 1 fully saturated rings. The van der Waals surface area contributed by atoms with E-state index < -0.39 is 0 Å². The van der Waals surface area contributed by atoms with E-state index in [0.717, 1.165) is 38.2 Å². The molecule has 2 heterocycles. The standard InChI is InChI=1S/C15H26N4O2/c1-15(2,3)12-8-14(21-18-12)17-13(20)10-19-6-4-11(9-16)5-7-19/h8,11H,4-7,9-10,16H2,1-3H3,(H,17,20). The molecule has 1 aromatic rings. The molecule has 0 unspecified atom stereocenters. The van der Waals surface area contributed by atoms with Gasteiger partial charge >= 0.3 is 0 Å². The van der Waals surface area contributed by atoms with E-state index in [2.05, 4.69) is 36.1 Å². The van der Waals surface area contributed by atoms with Crippen molar-refractivity contribution in [3.8, 4) is 0 Å². The first-order chi connectivity index (χ1) is 9.88. The van der Waals surface area contributed by atoms with Crippen molar-refractivity contribution < 1.29 is 9.32 Å². The lowest BCUT2D eigenvalue weighted by Gasteiger charge is -2.30. The van der Waals surface area contributed by atoms with Gasteiger partial charge in [-0.15, -0.1) is 0 Å². The molecule has 1 aliphatic rings. The Bertz CT molecular complexity index is 470. The largest absolute Gasteiger partial charge is 0.338 e. The van der Waals surface area contributed by atoms with Crippen molar-refractivity contribution in [2.24, 2.45) is 11.7 Å². The van der Waals surface area contributed by atoms with Crippen LogP contribution < -0.4 is 11.1 Å². The first kappa shape index (κ1) is 16.0. The van der Waals surface area contributed by atoms with Gasteiger partial charge in [0.05, 0.1) is 12.2 Å². The normalized spacial score (nSPS) is 17.9. The maximum absolute atomic E-state index is 12.0. The Morgan fingerprint density at radius 2 is 2.14 bits per heavy atom. The molecule has 6 heteroatoms. The number of rotatable bonds is 4. The molecule has 1 aromatic heterocycles. The number of piperidine rings is 1. The molecule has 3 N–H and O–H groups in total. The van der Waals surface area contributed by atoms with Crippen molar-refractivity contribution in [3.05, 3.63) is 11.8 Å². The molecule has 118 valence electrons. The summed E-state index contributed by atoms with van der Waals surface area (Å²) in [5.74, 6) is 0.965. The van der Waals surface area contributed by atoms with Crippen molar-refractivity contribution >= 4 is 11.8 Å². The maximum atomic E-state index is 12.0. The molecule has 0 aromatic carbocycles. The van der Waals surface area contributed by atoms with E-state index in [9.17, 15) is 4.79 Å². The molecule has 2 rings (SSSR count). The van der Waals surface area contributed by atoms with Crippen molar-refractivity contribution in [1.82, 2.24) is 10.1 Å². The molecule has 0 bridgehead atoms. The molecule has 0 radical (unpaired) electrons. The average molecular weight is 294 g/mol. The maximum Gasteiger partial charge on any atom is 0.240 e. The summed E-state index contributed by atoms with van der Waals surface area (Å²) in [6.45, 7) is 9.16. The van der Waals surface area contributed by atoms with Crippen LogP contribution in [0.5, 0.6) is 0 Å². The zero-order valence-electron chi connectivity index (χ0n) is 13.2. The van der Waals surface area contributed by atoms with Crippen LogP contribution in [0.15, 0.2) is 10.6 Å². The minimum absolute atomic E-state index is 0.0576. The van der Waals surface area contributed by atoms with Gasteiger partial charge < -0.3 is 10.3 Å². The Hall–Kier alpha value is -1.40. The number of likely N-dealkylation sites (tertiary alicyclic amines) is 1. The summed E-state index contributed by atoms with van der Waals surface area (Å²) in [6.07, 6.45) is 2.14. The first-order valence-corrected chi connectivity index (χ1v) is 7.58. The Kier molecular flexibility index (Phi) is 5.00. The highest BCUT2D eigenvalue weighted by atomic mass is 16.5. The van der Waals surface area contributed by atoms with Gasteiger partial charge in [0, 0.05) is 11.5 Å². The molecule has 0 saturated carbocycles. The lowest BCUT2D eigenvalue weighted by molar-refractivity contribution is -0.117. The van der Waals surface area contributed by atoms with Gasteiger partial charge in [0.2, 0.25) is 11.8 Å². The number of anilines is 1. The van der Waals surface area contributed by atoms with Gasteiger partial charge in [-0.05, 0) is 38.4 Å². The van der Waals surface area contributed by atoms with E-state index >= 15 is 0 Å². The Labute approximate surface area is 126 Å². The zero-order valence-corrected chi connectivity index (χ0v) is 13.2. The van der Waals surface area contributed by atoms with Crippen LogP contribution in [-0.4, -0.2) is 42.1 Å². The number of carbonyl (C=O) groups excluding carboxylic acids is 1. The molecule has 1 saturated heterocycles. The lowest BCUT2D eigenvalue weighted by atomic mass is 9.92. The van der Waals surface area contributed by atoms with Gasteiger partial charge in [-0.2, -0.15) is 0 Å². The lowest BCUT2D eigenvalue weighted by Crippen LogP contribution is -2.40. The monoisotopic (exact) mass is 294 g/mol. The fourth-order valence-electron chi connectivity index (χ4n) is 2.45. The molecular formula is C15H26N4O2. The summed E-state index contributed by atoms with van der Waals surface area (Å²) in [7, 11) is 0. The third-order valence-electron chi connectivity index (χ3n) is 3.95. The second-order valence-electron chi connectivity index (χ2n) is 6.83. The summed E-state index contributed by atoms with van der Waals surface area (Å²) in [4.78, 5) is 14.2. The van der Waals surface area contributed by atoms with Crippen LogP contribution in [0.3, 0.4) is 0 Å². The third kappa shape index (κ3) is 4.54. The van der Waals surface area contributed by atoms with Gasteiger partial charge in [0.25, 0.3) is 0 Å². The minimum Gasteiger partial charge on any atom is -0.338 e. The van der Waals surface area contributed by atoms with Gasteiger partial charge in [-0.1, -0.05) is 25.9 Å². The molecule has 21 heavy (non-hydrogen) atoms. The quantitative estimate of drug-likeness (QED) is 0.880. The van der Waals surface area contributed by atoms with Crippen molar-refractivity contribution in [3.63, 3.8) is 0 Å². The van der Waals surface area contributed by atoms with Crippen LogP contribution in [0.25, 0.3) is 0 Å². The van der Waals surface area contributed by atoms with Crippen LogP contribution in [0.2, 0.25) is 0 Å². The van der Waals surface area contributed by atoms with Gasteiger partial charge in [-0.25, -0.2) is 0 Å². The fraction of sp³-hybridized carbons (Fsp3) is 0.733. The molecule has 0 atom stereocenters. The number of carbonyl (C=O) groups is 1. The van der Waals surface area contributed by atoms with Crippen LogP contribution in [-0.2, 0) is 10.2 Å². The van der Waals surface area contributed by atoms with Crippen molar-refractivity contribution in [1.29, 1.82) is 0 Å². The molecular weight excluding hydrogens is 268 g/mol. The van der Waals surface area contributed by atoms with E-state index in [0.29, 0.717) is 18.3 Å². The van der Waals surface area contributed by atoms with E-state index in [1.807, 2.05) is 0 Å². The fourth-order valence-corrected chi connectivity index (χ4v) is 2.45. The number of nitrogens with two attached hydrogens (primary N) is 1. The van der Waals surface area contributed by atoms with Crippen LogP contribution in [0.1, 0.15) is 39.3 Å². The predicted octanol–water partition coefficient (Wildman–Crippen LogP) is 1.58. The number of hydrogen-bond donors (Lipinski definition) is 2. The highest BCUT2D eigenvalue weighted by Crippen LogP contribution is 2.23. The smallest absolute Gasteiger partial charge is 0.240 e. The van der Waals surface area contributed by atoms with Crippen LogP contribution >= 0.6 is 0 Å². The van der Waals surface area contributed by atoms with E-state index in [1.54, 1.807) is 6.07 Å². The summed E-state index contributed by atoms with van der Waals surface area (Å²) in [5, 5.41) is 6.76. The van der Waals surface area contributed by atoms with Crippen molar-refractivity contribution in [2.45, 2.75) is 39.0 Å². The molecule has 1 amide bonds. The highest BCUT2D eigenvalue weighted by Gasteiger charge is 2.22. The zero-order chi connectivity index (χ0) is 15.5. The van der Waals surface area contributed by atoms with Gasteiger partial charge in [0.1, 0.15) is 0 Å². The average Bonchev–Trinajstić information content (AvgIpc) is 2.88. The number of amides is 1. The summed E-state index contributed by atoms with van der Waals surface area (Å²) in [6, 6.07) is 1.79.